The molecule has 3 heteroatoms. The standard InChI is InChI=1S/C12H22O3/c1-5-6-7-10(4)12(14)15-11(13)8-9(2)3/h8,10,12,14H,5-7H2,1-4H3. The molecule has 0 heterocycles. The number of esters is 1. The summed E-state index contributed by atoms with van der Waals surface area (Å²) >= 11 is 0. The number of carbonyl (C=O) groups is 1. The fourth-order valence-electron chi connectivity index (χ4n) is 1.17. The van der Waals surface area contributed by atoms with Crippen molar-refractivity contribution in [3.05, 3.63) is 11.6 Å². The zero-order chi connectivity index (χ0) is 11.8. The minimum Gasteiger partial charge on any atom is -0.433 e. The molecule has 1 N–H and O–H groups in total. The lowest BCUT2D eigenvalue weighted by atomic mass is 10.0. The average Bonchev–Trinajstić information content (AvgIpc) is 2.12. The second-order valence-electron chi connectivity index (χ2n) is 4.17. The third kappa shape index (κ3) is 7.14. The number of aliphatic hydroxyl groups is 1. The summed E-state index contributed by atoms with van der Waals surface area (Å²) in [6.07, 6.45) is 3.40. The number of carbonyl (C=O) groups excluding carboxylic acids is 1. The summed E-state index contributed by atoms with van der Waals surface area (Å²) in [6, 6.07) is 0. The summed E-state index contributed by atoms with van der Waals surface area (Å²) in [5, 5.41) is 9.56. The van der Waals surface area contributed by atoms with Crippen molar-refractivity contribution >= 4 is 5.97 Å². The topological polar surface area (TPSA) is 46.5 Å². The summed E-state index contributed by atoms with van der Waals surface area (Å²) in [5.74, 6) is -0.467. The van der Waals surface area contributed by atoms with Crippen molar-refractivity contribution in [1.82, 2.24) is 0 Å². The minimum atomic E-state index is -0.986. The van der Waals surface area contributed by atoms with Gasteiger partial charge < -0.3 is 9.84 Å². The first-order valence-corrected chi connectivity index (χ1v) is 5.51. The van der Waals surface area contributed by atoms with Gasteiger partial charge in [-0.1, -0.05) is 32.3 Å². The maximum Gasteiger partial charge on any atom is 0.332 e. The molecule has 0 aliphatic rings. The normalized spacial score (nSPS) is 14.2. The summed E-state index contributed by atoms with van der Waals surface area (Å²) in [4.78, 5) is 11.2. The molecule has 0 spiro atoms. The number of unbranched alkanes of at least 4 members (excludes halogenated alkanes) is 1. The van der Waals surface area contributed by atoms with E-state index < -0.39 is 12.3 Å². The second kappa shape index (κ2) is 7.46. The van der Waals surface area contributed by atoms with Gasteiger partial charge in [-0.25, -0.2) is 4.79 Å². The summed E-state index contributed by atoms with van der Waals surface area (Å²) in [5.41, 5.74) is 0.869. The molecule has 0 saturated carbocycles. The Morgan fingerprint density at radius 1 is 1.47 bits per heavy atom. The van der Waals surface area contributed by atoms with Crippen LogP contribution >= 0.6 is 0 Å². The Hall–Kier alpha value is -0.830. The molecule has 0 radical (unpaired) electrons. The van der Waals surface area contributed by atoms with E-state index in [1.54, 1.807) is 0 Å². The Morgan fingerprint density at radius 3 is 2.53 bits per heavy atom. The van der Waals surface area contributed by atoms with E-state index in [0.717, 1.165) is 24.8 Å². The monoisotopic (exact) mass is 214 g/mol. The van der Waals surface area contributed by atoms with Gasteiger partial charge in [0, 0.05) is 12.0 Å². The maximum atomic E-state index is 11.2. The maximum absolute atomic E-state index is 11.2. The number of rotatable bonds is 6. The molecule has 15 heavy (non-hydrogen) atoms. The molecule has 0 bridgehead atoms. The molecule has 2 atom stereocenters. The molecule has 0 aliphatic carbocycles. The van der Waals surface area contributed by atoms with Gasteiger partial charge in [-0.3, -0.25) is 0 Å². The molecule has 0 amide bonds. The third-order valence-electron chi connectivity index (χ3n) is 2.14. The van der Waals surface area contributed by atoms with E-state index in [0.29, 0.717) is 0 Å². The molecule has 0 aromatic heterocycles. The van der Waals surface area contributed by atoms with Crippen LogP contribution in [0.15, 0.2) is 11.6 Å². The highest BCUT2D eigenvalue weighted by Gasteiger charge is 2.16. The zero-order valence-corrected chi connectivity index (χ0v) is 10.1. The molecular formula is C12H22O3. The second-order valence-corrected chi connectivity index (χ2v) is 4.17. The van der Waals surface area contributed by atoms with E-state index in [9.17, 15) is 9.90 Å². The van der Waals surface area contributed by atoms with Crippen molar-refractivity contribution < 1.29 is 14.6 Å². The summed E-state index contributed by atoms with van der Waals surface area (Å²) in [7, 11) is 0. The SMILES string of the molecule is CCCCC(C)C(O)OC(=O)C=C(C)C. The fraction of sp³-hybridized carbons (Fsp3) is 0.750. The number of aliphatic hydroxyl groups excluding tert-OH is 1. The van der Waals surface area contributed by atoms with Crippen molar-refractivity contribution in [2.45, 2.75) is 53.2 Å². The van der Waals surface area contributed by atoms with E-state index in [2.05, 4.69) is 6.92 Å². The van der Waals surface area contributed by atoms with Crippen molar-refractivity contribution in [3.63, 3.8) is 0 Å². The lowest BCUT2D eigenvalue weighted by Crippen LogP contribution is -2.24. The summed E-state index contributed by atoms with van der Waals surface area (Å²) in [6.45, 7) is 7.60. The molecule has 0 fully saturated rings. The first-order chi connectivity index (χ1) is 6.97. The molecule has 2 unspecified atom stereocenters. The number of hydrogen-bond acceptors (Lipinski definition) is 3. The fourth-order valence-corrected chi connectivity index (χ4v) is 1.17. The van der Waals surface area contributed by atoms with Crippen LogP contribution in [0.25, 0.3) is 0 Å². The molecule has 0 saturated heterocycles. The number of hydrogen-bond donors (Lipinski definition) is 1. The summed E-state index contributed by atoms with van der Waals surface area (Å²) < 4.78 is 4.86. The van der Waals surface area contributed by atoms with Gasteiger partial charge in [0.2, 0.25) is 6.29 Å². The molecule has 0 aromatic rings. The van der Waals surface area contributed by atoms with Gasteiger partial charge in [0.1, 0.15) is 0 Å². The van der Waals surface area contributed by atoms with Crippen LogP contribution in [0, 0.1) is 5.92 Å². The molecular weight excluding hydrogens is 192 g/mol. The van der Waals surface area contributed by atoms with Gasteiger partial charge in [0.15, 0.2) is 0 Å². The number of allylic oxidation sites excluding steroid dienone is 1. The minimum absolute atomic E-state index is 0.000498. The van der Waals surface area contributed by atoms with Crippen LogP contribution in [0.2, 0.25) is 0 Å². The lowest BCUT2D eigenvalue weighted by Gasteiger charge is -2.17. The molecule has 0 aliphatic heterocycles. The largest absolute Gasteiger partial charge is 0.433 e. The average molecular weight is 214 g/mol. The smallest absolute Gasteiger partial charge is 0.332 e. The van der Waals surface area contributed by atoms with Gasteiger partial charge >= 0.3 is 5.97 Å². The first kappa shape index (κ1) is 14.2. The van der Waals surface area contributed by atoms with Crippen molar-refractivity contribution in [3.8, 4) is 0 Å². The van der Waals surface area contributed by atoms with Crippen LogP contribution in [-0.4, -0.2) is 17.4 Å². The molecule has 88 valence electrons. The van der Waals surface area contributed by atoms with Crippen LogP contribution in [0.1, 0.15) is 47.0 Å². The first-order valence-electron chi connectivity index (χ1n) is 5.51. The van der Waals surface area contributed by atoms with Gasteiger partial charge in [-0.05, 0) is 20.3 Å². The quantitative estimate of drug-likeness (QED) is 0.420. The highest BCUT2D eigenvalue weighted by molar-refractivity contribution is 5.82. The highest BCUT2D eigenvalue weighted by Crippen LogP contribution is 2.13. The van der Waals surface area contributed by atoms with E-state index in [1.807, 2.05) is 20.8 Å². The van der Waals surface area contributed by atoms with E-state index >= 15 is 0 Å². The Kier molecular flexibility index (Phi) is 7.05. The molecule has 0 rings (SSSR count). The predicted molar refractivity (Wildman–Crippen MR) is 60.2 cm³/mol. The van der Waals surface area contributed by atoms with Crippen molar-refractivity contribution in [1.29, 1.82) is 0 Å². The predicted octanol–water partition coefficient (Wildman–Crippen LogP) is 2.64. The van der Waals surface area contributed by atoms with Crippen LogP contribution < -0.4 is 0 Å². The Bertz CT molecular complexity index is 217. The van der Waals surface area contributed by atoms with E-state index in [4.69, 9.17) is 4.74 Å². The Balaban J connectivity index is 3.95. The Morgan fingerprint density at radius 2 is 2.07 bits per heavy atom. The number of ether oxygens (including phenoxy) is 1. The zero-order valence-electron chi connectivity index (χ0n) is 10.1. The van der Waals surface area contributed by atoms with Crippen LogP contribution in [0.4, 0.5) is 0 Å². The van der Waals surface area contributed by atoms with Crippen molar-refractivity contribution in [2.24, 2.45) is 5.92 Å². The van der Waals surface area contributed by atoms with Crippen molar-refractivity contribution in [2.75, 3.05) is 0 Å². The van der Waals surface area contributed by atoms with E-state index in [-0.39, 0.29) is 5.92 Å². The lowest BCUT2D eigenvalue weighted by molar-refractivity contribution is -0.170. The van der Waals surface area contributed by atoms with Gasteiger partial charge in [-0.2, -0.15) is 0 Å². The van der Waals surface area contributed by atoms with E-state index in [1.165, 1.54) is 6.08 Å². The highest BCUT2D eigenvalue weighted by atomic mass is 16.6. The van der Waals surface area contributed by atoms with Gasteiger partial charge in [0.25, 0.3) is 0 Å². The van der Waals surface area contributed by atoms with Crippen LogP contribution in [0.3, 0.4) is 0 Å². The molecule has 3 nitrogen and oxygen atoms in total. The van der Waals surface area contributed by atoms with Gasteiger partial charge in [0.05, 0.1) is 0 Å². The Labute approximate surface area is 92.1 Å². The molecule has 0 aromatic carbocycles. The van der Waals surface area contributed by atoms with Crippen LogP contribution in [0.5, 0.6) is 0 Å². The van der Waals surface area contributed by atoms with Gasteiger partial charge in [-0.15, -0.1) is 0 Å². The third-order valence-corrected chi connectivity index (χ3v) is 2.14. The van der Waals surface area contributed by atoms with Crippen LogP contribution in [-0.2, 0) is 9.53 Å².